The number of nitrogens with zero attached hydrogens (tertiary/aromatic N) is 1. The van der Waals surface area contributed by atoms with Gasteiger partial charge in [-0.1, -0.05) is 30.3 Å². The number of hydrogen-bond donors (Lipinski definition) is 1. The van der Waals surface area contributed by atoms with E-state index < -0.39 is 0 Å². The van der Waals surface area contributed by atoms with Crippen LogP contribution in [0.3, 0.4) is 0 Å². The Balaban J connectivity index is 1.90. The molecule has 0 unspecified atom stereocenters. The Morgan fingerprint density at radius 3 is 2.76 bits per heavy atom. The summed E-state index contributed by atoms with van der Waals surface area (Å²) >= 11 is 0. The van der Waals surface area contributed by atoms with Gasteiger partial charge < -0.3 is 10.1 Å². The molecule has 0 radical (unpaired) electrons. The summed E-state index contributed by atoms with van der Waals surface area (Å²) in [7, 11) is 1.75. The molecule has 0 aliphatic heterocycles. The first-order valence-electron chi connectivity index (χ1n) is 7.96. The van der Waals surface area contributed by atoms with Crippen LogP contribution >= 0.6 is 0 Å². The van der Waals surface area contributed by atoms with Gasteiger partial charge in [-0.3, -0.25) is 4.90 Å². The minimum absolute atomic E-state index is 0.763. The van der Waals surface area contributed by atoms with Crippen LogP contribution < -0.4 is 5.32 Å². The first-order chi connectivity index (χ1) is 10.3. The molecule has 3 nitrogen and oxygen atoms in total. The summed E-state index contributed by atoms with van der Waals surface area (Å²) < 4.78 is 5.20. The van der Waals surface area contributed by atoms with E-state index >= 15 is 0 Å². The molecule has 0 saturated heterocycles. The van der Waals surface area contributed by atoms with Crippen molar-refractivity contribution in [1.29, 1.82) is 0 Å². The smallest absolute Gasteiger partial charge is 0.0589 e. The molecule has 116 valence electrons. The Morgan fingerprint density at radius 2 is 2.10 bits per heavy atom. The van der Waals surface area contributed by atoms with Gasteiger partial charge in [0.1, 0.15) is 0 Å². The average molecular weight is 288 g/mol. The zero-order valence-corrected chi connectivity index (χ0v) is 13.2. The molecule has 1 aromatic rings. The van der Waals surface area contributed by atoms with Crippen molar-refractivity contribution in [1.82, 2.24) is 10.2 Å². The second kappa shape index (κ2) is 8.98. The largest absolute Gasteiger partial charge is 0.383 e. The Morgan fingerprint density at radius 1 is 1.33 bits per heavy atom. The predicted molar refractivity (Wildman–Crippen MR) is 88.5 cm³/mol. The van der Waals surface area contributed by atoms with Crippen LogP contribution in [0.2, 0.25) is 0 Å². The summed E-state index contributed by atoms with van der Waals surface area (Å²) in [5.74, 6) is 0. The van der Waals surface area contributed by atoms with E-state index in [1.807, 2.05) is 6.08 Å². The van der Waals surface area contributed by atoms with E-state index in [2.05, 4.69) is 41.1 Å². The molecule has 0 atom stereocenters. The van der Waals surface area contributed by atoms with E-state index in [-0.39, 0.29) is 0 Å². The fourth-order valence-electron chi connectivity index (χ4n) is 2.53. The van der Waals surface area contributed by atoms with Crippen LogP contribution in [0.25, 0.3) is 0 Å². The zero-order chi connectivity index (χ0) is 14.9. The number of methoxy groups -OCH3 is 1. The fraction of sp³-hybridized carbons (Fsp3) is 0.556. The van der Waals surface area contributed by atoms with Crippen LogP contribution in [0.1, 0.15) is 24.0 Å². The number of hydrogen-bond acceptors (Lipinski definition) is 3. The van der Waals surface area contributed by atoms with E-state index in [4.69, 9.17) is 4.74 Å². The van der Waals surface area contributed by atoms with Crippen LogP contribution in [0.15, 0.2) is 36.9 Å². The molecule has 0 spiro atoms. The van der Waals surface area contributed by atoms with Crippen LogP contribution in [0.5, 0.6) is 0 Å². The topological polar surface area (TPSA) is 24.5 Å². The number of ether oxygens (including phenoxy) is 1. The Labute approximate surface area is 129 Å². The van der Waals surface area contributed by atoms with Crippen molar-refractivity contribution in [2.75, 3.05) is 33.4 Å². The molecular weight excluding hydrogens is 260 g/mol. The standard InChI is InChI=1S/C18H28N2O/c1-3-12-20(13-14-21-2)15-17-7-5-4-6-16(17)10-11-19-18-8-9-18/h3-7,18-19H,1,8-15H2,2H3. The quantitative estimate of drug-likeness (QED) is 0.634. The molecule has 1 saturated carbocycles. The molecular formula is C18H28N2O. The lowest BCUT2D eigenvalue weighted by molar-refractivity contribution is 0.151. The van der Waals surface area contributed by atoms with Crippen molar-refractivity contribution < 1.29 is 4.74 Å². The van der Waals surface area contributed by atoms with Gasteiger partial charge in [-0.05, 0) is 36.9 Å². The monoisotopic (exact) mass is 288 g/mol. The highest BCUT2D eigenvalue weighted by molar-refractivity contribution is 5.27. The fourth-order valence-corrected chi connectivity index (χ4v) is 2.53. The minimum atomic E-state index is 0.763. The number of benzene rings is 1. The summed E-state index contributed by atoms with van der Waals surface area (Å²) in [4.78, 5) is 2.38. The molecule has 1 aliphatic rings. The lowest BCUT2D eigenvalue weighted by Crippen LogP contribution is -2.28. The van der Waals surface area contributed by atoms with Crippen molar-refractivity contribution in [3.05, 3.63) is 48.0 Å². The molecule has 0 amide bonds. The maximum atomic E-state index is 5.20. The molecule has 1 aromatic carbocycles. The maximum absolute atomic E-state index is 5.20. The summed E-state index contributed by atoms with van der Waals surface area (Å²) in [5, 5.41) is 3.60. The highest BCUT2D eigenvalue weighted by Gasteiger charge is 2.19. The molecule has 0 bridgehead atoms. The van der Waals surface area contributed by atoms with Crippen LogP contribution in [-0.2, 0) is 17.7 Å². The molecule has 2 rings (SSSR count). The van der Waals surface area contributed by atoms with Crippen LogP contribution in [0.4, 0.5) is 0 Å². The van der Waals surface area contributed by atoms with Crippen molar-refractivity contribution in [2.45, 2.75) is 31.8 Å². The van der Waals surface area contributed by atoms with Crippen LogP contribution in [0, 0.1) is 0 Å². The van der Waals surface area contributed by atoms with Crippen molar-refractivity contribution in [2.24, 2.45) is 0 Å². The van der Waals surface area contributed by atoms with Gasteiger partial charge in [0.15, 0.2) is 0 Å². The molecule has 1 fully saturated rings. The second-order valence-corrected chi connectivity index (χ2v) is 5.76. The lowest BCUT2D eigenvalue weighted by atomic mass is 10.0. The molecule has 21 heavy (non-hydrogen) atoms. The molecule has 1 aliphatic carbocycles. The second-order valence-electron chi connectivity index (χ2n) is 5.76. The van der Waals surface area contributed by atoms with Gasteiger partial charge in [0, 0.05) is 32.8 Å². The van der Waals surface area contributed by atoms with Gasteiger partial charge in [-0.25, -0.2) is 0 Å². The third-order valence-corrected chi connectivity index (χ3v) is 3.92. The van der Waals surface area contributed by atoms with Gasteiger partial charge in [-0.15, -0.1) is 6.58 Å². The minimum Gasteiger partial charge on any atom is -0.383 e. The highest BCUT2D eigenvalue weighted by Crippen LogP contribution is 2.19. The third-order valence-electron chi connectivity index (χ3n) is 3.92. The van der Waals surface area contributed by atoms with E-state index in [1.54, 1.807) is 7.11 Å². The van der Waals surface area contributed by atoms with E-state index in [9.17, 15) is 0 Å². The highest BCUT2D eigenvalue weighted by atomic mass is 16.5. The third kappa shape index (κ3) is 6.00. The summed E-state index contributed by atoms with van der Waals surface area (Å²) in [6.45, 7) is 8.51. The number of nitrogens with one attached hydrogen (secondary N) is 1. The normalized spacial score (nSPS) is 14.6. The van der Waals surface area contributed by atoms with Crippen LogP contribution in [-0.4, -0.2) is 44.3 Å². The van der Waals surface area contributed by atoms with Crippen molar-refractivity contribution in [3.8, 4) is 0 Å². The zero-order valence-electron chi connectivity index (χ0n) is 13.2. The van der Waals surface area contributed by atoms with Crippen molar-refractivity contribution >= 4 is 0 Å². The Kier molecular flexibility index (Phi) is 6.93. The van der Waals surface area contributed by atoms with E-state index in [0.717, 1.165) is 45.2 Å². The molecule has 3 heteroatoms. The maximum Gasteiger partial charge on any atom is 0.0589 e. The van der Waals surface area contributed by atoms with Gasteiger partial charge >= 0.3 is 0 Å². The van der Waals surface area contributed by atoms with Gasteiger partial charge in [-0.2, -0.15) is 0 Å². The van der Waals surface area contributed by atoms with E-state index in [1.165, 1.54) is 24.0 Å². The Bertz CT molecular complexity index is 429. The van der Waals surface area contributed by atoms with Gasteiger partial charge in [0.2, 0.25) is 0 Å². The predicted octanol–water partition coefficient (Wildman–Crippen LogP) is 2.62. The average Bonchev–Trinajstić information content (AvgIpc) is 3.31. The lowest BCUT2D eigenvalue weighted by Gasteiger charge is -2.22. The first-order valence-corrected chi connectivity index (χ1v) is 7.96. The molecule has 1 N–H and O–H groups in total. The van der Waals surface area contributed by atoms with Gasteiger partial charge in [0.25, 0.3) is 0 Å². The summed E-state index contributed by atoms with van der Waals surface area (Å²) in [6, 6.07) is 9.57. The molecule has 0 aromatic heterocycles. The SMILES string of the molecule is C=CCN(CCOC)Cc1ccccc1CCNC1CC1. The molecule has 0 heterocycles. The number of rotatable bonds is 11. The summed E-state index contributed by atoms with van der Waals surface area (Å²) in [6.07, 6.45) is 5.78. The first kappa shape index (κ1) is 16.2. The summed E-state index contributed by atoms with van der Waals surface area (Å²) in [5.41, 5.74) is 2.88. The Hall–Kier alpha value is -1.16. The van der Waals surface area contributed by atoms with Gasteiger partial charge in [0.05, 0.1) is 6.61 Å². The van der Waals surface area contributed by atoms with Crippen molar-refractivity contribution in [3.63, 3.8) is 0 Å². The van der Waals surface area contributed by atoms with E-state index in [0.29, 0.717) is 0 Å².